The van der Waals surface area contributed by atoms with Gasteiger partial charge in [0.05, 0.1) is 18.9 Å². The van der Waals surface area contributed by atoms with Crippen molar-refractivity contribution < 1.29 is 33.9 Å². The monoisotopic (exact) mass is 462 g/mol. The molecule has 4 unspecified atom stereocenters. The minimum Gasteiger partial charge on any atom is -0.480 e. The quantitative estimate of drug-likeness (QED) is 0.121. The fraction of sp³-hybridized carbons (Fsp3) is 0.647. The molecular weight excluding hydrogens is 432 g/mol. The fourth-order valence-corrected chi connectivity index (χ4v) is 2.68. The fourth-order valence-electron chi connectivity index (χ4n) is 2.43. The van der Waals surface area contributed by atoms with Gasteiger partial charge < -0.3 is 38.3 Å². The summed E-state index contributed by atoms with van der Waals surface area (Å²) in [4.78, 5) is 70.7. The lowest BCUT2D eigenvalue weighted by Gasteiger charge is -2.25. The maximum Gasteiger partial charge on any atom is 0.327 e. The molecule has 14 heteroatoms. The first-order valence-corrected chi connectivity index (χ1v) is 9.98. The second-order valence-electron chi connectivity index (χ2n) is 7.28. The lowest BCUT2D eigenvalue weighted by atomic mass is 10.0. The Balaban J connectivity index is 5.45. The molecule has 0 aromatic rings. The first-order valence-electron chi connectivity index (χ1n) is 9.35. The highest BCUT2D eigenvalue weighted by atomic mass is 32.1. The maximum absolute atomic E-state index is 12.7. The van der Waals surface area contributed by atoms with Crippen molar-refractivity contribution in [3.8, 4) is 0 Å². The van der Waals surface area contributed by atoms with Crippen molar-refractivity contribution in [2.45, 2.75) is 57.3 Å². The number of nitrogens with one attached hydrogen (secondary N) is 3. The van der Waals surface area contributed by atoms with Gasteiger partial charge in [-0.2, -0.15) is 12.6 Å². The van der Waals surface area contributed by atoms with E-state index >= 15 is 0 Å². The van der Waals surface area contributed by atoms with Gasteiger partial charge in [0.2, 0.25) is 29.5 Å². The number of thiol groups is 1. The summed E-state index contributed by atoms with van der Waals surface area (Å²) in [6.07, 6.45) is -0.963. The van der Waals surface area contributed by atoms with Crippen molar-refractivity contribution in [2.24, 2.45) is 23.1 Å². The molecule has 0 spiro atoms. The average molecular weight is 463 g/mol. The van der Waals surface area contributed by atoms with Crippen LogP contribution in [0.5, 0.6) is 0 Å². The van der Waals surface area contributed by atoms with Crippen LogP contribution in [-0.2, 0) is 28.8 Å². The van der Waals surface area contributed by atoms with Gasteiger partial charge in [-0.1, -0.05) is 13.8 Å². The summed E-state index contributed by atoms with van der Waals surface area (Å²) in [6, 6.07) is -5.29. The van der Waals surface area contributed by atoms with Crippen LogP contribution >= 0.6 is 12.6 Å². The van der Waals surface area contributed by atoms with E-state index in [9.17, 15) is 28.8 Å². The first-order chi connectivity index (χ1) is 14.3. The zero-order valence-corrected chi connectivity index (χ0v) is 18.2. The van der Waals surface area contributed by atoms with Crippen LogP contribution < -0.4 is 33.2 Å². The van der Waals surface area contributed by atoms with Gasteiger partial charge in [-0.25, -0.2) is 4.79 Å². The molecule has 0 aromatic carbocycles. The number of aliphatic carboxylic acids is 1. The summed E-state index contributed by atoms with van der Waals surface area (Å²) in [5, 5.41) is 15.9. The number of nitrogens with two attached hydrogens (primary N) is 3. The molecule has 0 saturated heterocycles. The second kappa shape index (κ2) is 13.4. The molecule has 0 heterocycles. The van der Waals surface area contributed by atoms with Gasteiger partial charge in [0.25, 0.3) is 0 Å². The largest absolute Gasteiger partial charge is 0.480 e. The highest BCUT2D eigenvalue weighted by Gasteiger charge is 2.31. The zero-order chi connectivity index (χ0) is 24.3. The number of carboxylic acid groups (broad SMARTS) is 1. The number of carbonyl (C=O) groups is 6. The third-order valence-corrected chi connectivity index (χ3v) is 4.30. The molecular formula is C17H30N6O7S. The van der Waals surface area contributed by atoms with Gasteiger partial charge in [-0.15, -0.1) is 0 Å². The van der Waals surface area contributed by atoms with E-state index in [2.05, 4.69) is 28.6 Å². The number of hydrogen-bond acceptors (Lipinski definition) is 8. The highest BCUT2D eigenvalue weighted by Crippen LogP contribution is 2.07. The Morgan fingerprint density at radius 2 is 1.26 bits per heavy atom. The van der Waals surface area contributed by atoms with Crippen molar-refractivity contribution in [1.82, 2.24) is 16.0 Å². The molecule has 5 amide bonds. The van der Waals surface area contributed by atoms with E-state index < -0.39 is 72.5 Å². The number of primary amides is 2. The predicted octanol–water partition coefficient (Wildman–Crippen LogP) is -3.42. The van der Waals surface area contributed by atoms with Crippen LogP contribution in [0.15, 0.2) is 0 Å². The second-order valence-corrected chi connectivity index (χ2v) is 7.65. The molecule has 0 aliphatic rings. The summed E-state index contributed by atoms with van der Waals surface area (Å²) < 4.78 is 0. The van der Waals surface area contributed by atoms with E-state index in [1.54, 1.807) is 13.8 Å². The molecule has 0 aliphatic carbocycles. The minimum atomic E-state index is -1.48. The summed E-state index contributed by atoms with van der Waals surface area (Å²) in [7, 11) is 0. The van der Waals surface area contributed by atoms with Gasteiger partial charge in [-0.3, -0.25) is 24.0 Å². The number of carboxylic acids is 1. The molecule has 13 nitrogen and oxygen atoms in total. The van der Waals surface area contributed by atoms with Crippen molar-refractivity contribution in [3.63, 3.8) is 0 Å². The Bertz CT molecular complexity index is 702. The molecule has 4 atom stereocenters. The lowest BCUT2D eigenvalue weighted by Crippen LogP contribution is -2.58. The lowest BCUT2D eigenvalue weighted by molar-refractivity contribution is -0.141. The van der Waals surface area contributed by atoms with Crippen LogP contribution in [0.1, 0.15) is 33.1 Å². The maximum atomic E-state index is 12.7. The highest BCUT2D eigenvalue weighted by molar-refractivity contribution is 7.80. The Kier molecular flexibility index (Phi) is 12.2. The van der Waals surface area contributed by atoms with Crippen molar-refractivity contribution in [2.75, 3.05) is 5.75 Å². The van der Waals surface area contributed by atoms with Crippen molar-refractivity contribution in [3.05, 3.63) is 0 Å². The smallest absolute Gasteiger partial charge is 0.327 e. The third kappa shape index (κ3) is 11.2. The molecule has 0 aromatic heterocycles. The predicted molar refractivity (Wildman–Crippen MR) is 112 cm³/mol. The number of carbonyl (C=O) groups excluding carboxylic acids is 5. The first kappa shape index (κ1) is 28.1. The molecule has 0 bridgehead atoms. The Labute approximate surface area is 184 Å². The van der Waals surface area contributed by atoms with Gasteiger partial charge in [0.15, 0.2) is 0 Å². The molecule has 31 heavy (non-hydrogen) atoms. The Morgan fingerprint density at radius 3 is 1.68 bits per heavy atom. The van der Waals surface area contributed by atoms with E-state index in [0.29, 0.717) is 0 Å². The van der Waals surface area contributed by atoms with Crippen LogP contribution in [0.4, 0.5) is 0 Å². The average Bonchev–Trinajstić information content (AvgIpc) is 2.62. The normalized spacial score (nSPS) is 14.6. The standard InChI is InChI=1S/C17H30N6O7S/c1-7(2)3-9(15(27)23-11(6-31)17(29)30)22-16(28)10(5-13(20)25)21-14(26)8(18)4-12(19)24/h7-11,31H,3-6,18H2,1-2H3,(H2,19,24)(H2,20,25)(H,21,26)(H,22,28)(H,23,27)(H,29,30). The van der Waals surface area contributed by atoms with Crippen LogP contribution in [-0.4, -0.2) is 70.5 Å². The van der Waals surface area contributed by atoms with E-state index in [0.717, 1.165) is 0 Å². The molecule has 176 valence electrons. The van der Waals surface area contributed by atoms with Crippen LogP contribution in [0.3, 0.4) is 0 Å². The van der Waals surface area contributed by atoms with Crippen molar-refractivity contribution >= 4 is 48.1 Å². The Hall–Kier alpha value is -2.87. The summed E-state index contributed by atoms with van der Waals surface area (Å²) in [6.45, 7) is 3.54. The van der Waals surface area contributed by atoms with Gasteiger partial charge >= 0.3 is 5.97 Å². The minimum absolute atomic E-state index is 0.0801. The van der Waals surface area contributed by atoms with Crippen LogP contribution in [0.25, 0.3) is 0 Å². The molecule has 0 radical (unpaired) electrons. The van der Waals surface area contributed by atoms with Crippen LogP contribution in [0, 0.1) is 5.92 Å². The van der Waals surface area contributed by atoms with Gasteiger partial charge in [0.1, 0.15) is 18.1 Å². The number of rotatable bonds is 14. The van der Waals surface area contributed by atoms with E-state index in [-0.39, 0.29) is 18.1 Å². The molecule has 0 aliphatic heterocycles. The molecule has 10 N–H and O–H groups in total. The van der Waals surface area contributed by atoms with Crippen LogP contribution in [0.2, 0.25) is 0 Å². The molecule has 0 fully saturated rings. The molecule has 0 saturated carbocycles. The SMILES string of the molecule is CC(C)CC(NC(=O)C(CC(N)=O)NC(=O)C(N)CC(N)=O)C(=O)NC(CS)C(=O)O. The summed E-state index contributed by atoms with van der Waals surface area (Å²) in [5.41, 5.74) is 15.6. The van der Waals surface area contributed by atoms with Gasteiger partial charge in [-0.05, 0) is 12.3 Å². The summed E-state index contributed by atoms with van der Waals surface area (Å²) in [5.74, 6) is -5.95. The van der Waals surface area contributed by atoms with E-state index in [1.165, 1.54) is 0 Å². The van der Waals surface area contributed by atoms with E-state index in [1.807, 2.05) is 0 Å². The summed E-state index contributed by atoms with van der Waals surface area (Å²) >= 11 is 3.86. The van der Waals surface area contributed by atoms with Crippen molar-refractivity contribution in [1.29, 1.82) is 0 Å². The third-order valence-electron chi connectivity index (χ3n) is 3.93. The van der Waals surface area contributed by atoms with Gasteiger partial charge in [0, 0.05) is 5.75 Å². The number of amides is 5. The van der Waals surface area contributed by atoms with E-state index in [4.69, 9.17) is 22.3 Å². The number of hydrogen-bond donors (Lipinski definition) is 8. The molecule has 0 rings (SSSR count). The zero-order valence-electron chi connectivity index (χ0n) is 17.3. The Morgan fingerprint density at radius 1 is 0.806 bits per heavy atom. The topological polar surface area (TPSA) is 237 Å².